The predicted molar refractivity (Wildman–Crippen MR) is 108 cm³/mol. The van der Waals surface area contributed by atoms with Gasteiger partial charge in [-0.05, 0) is 57.0 Å². The van der Waals surface area contributed by atoms with E-state index in [1.54, 1.807) is 12.3 Å². The van der Waals surface area contributed by atoms with Crippen LogP contribution in [0.2, 0.25) is 0 Å². The lowest BCUT2D eigenvalue weighted by Crippen LogP contribution is -2.03. The fourth-order valence-corrected chi connectivity index (χ4v) is 3.22. The maximum atomic E-state index is 9.13. The Labute approximate surface area is 160 Å². The molecule has 0 bridgehead atoms. The number of aromatic nitrogens is 1. The number of oxime groups is 1. The minimum absolute atomic E-state index is 0.274. The molecule has 0 amide bonds. The Morgan fingerprint density at radius 1 is 1.07 bits per heavy atom. The van der Waals surface area contributed by atoms with Crippen LogP contribution < -0.4 is 0 Å². The third kappa shape index (κ3) is 3.78. The molecule has 1 aromatic heterocycles. The largest absolute Gasteiger partial charge is 0.391 e. The minimum atomic E-state index is 0.274. The first-order valence-electron chi connectivity index (χ1n) is 8.91. The van der Waals surface area contributed by atoms with Crippen LogP contribution in [0.5, 0.6) is 0 Å². The molecule has 0 spiro atoms. The maximum Gasteiger partial charge on any atom is 0.143 e. The minimum Gasteiger partial charge on any atom is -0.391 e. The molecular weight excluding hydrogens is 334 g/mol. The second-order valence-electron chi connectivity index (χ2n) is 6.66. The Morgan fingerprint density at radius 3 is 2.63 bits per heavy atom. The summed E-state index contributed by atoms with van der Waals surface area (Å²) in [6.07, 6.45) is 1.74. The zero-order chi connectivity index (χ0) is 19.4. The molecule has 0 atom stereocenters. The Balaban J connectivity index is 1.80. The number of hydrogen-bond acceptors (Lipinski definition) is 3. The summed E-state index contributed by atoms with van der Waals surface area (Å²) < 4.78 is 2.24. The van der Waals surface area contributed by atoms with E-state index >= 15 is 0 Å². The van der Waals surface area contributed by atoms with Crippen LogP contribution in [-0.4, -0.2) is 10.8 Å². The van der Waals surface area contributed by atoms with Crippen LogP contribution in [0.25, 0.3) is 5.69 Å². The number of nitrogens with zero attached hydrogens (tertiary/aromatic N) is 3. The number of benzene rings is 2. The highest BCUT2D eigenvalue weighted by molar-refractivity contribution is 5.81. The van der Waals surface area contributed by atoms with E-state index in [4.69, 9.17) is 10.1 Å². The highest BCUT2D eigenvalue weighted by Crippen LogP contribution is 2.24. The van der Waals surface area contributed by atoms with Gasteiger partial charge >= 0.3 is 0 Å². The Hall–Kier alpha value is -3.32. The lowest BCUT2D eigenvalue weighted by atomic mass is 10.1. The molecule has 0 unspecified atom stereocenters. The lowest BCUT2D eigenvalue weighted by molar-refractivity contribution is 0.132. The van der Waals surface area contributed by atoms with Crippen LogP contribution >= 0.6 is 0 Å². The smallest absolute Gasteiger partial charge is 0.143 e. The Bertz CT molecular complexity index is 1040. The van der Waals surface area contributed by atoms with Crippen LogP contribution in [0.15, 0.2) is 53.7 Å². The topological polar surface area (TPSA) is 50.3 Å². The van der Waals surface area contributed by atoms with Gasteiger partial charge in [-0.2, -0.15) is 5.26 Å². The van der Waals surface area contributed by atoms with Gasteiger partial charge in [0.2, 0.25) is 0 Å². The molecule has 0 aliphatic rings. The fourth-order valence-electron chi connectivity index (χ4n) is 3.22. The lowest BCUT2D eigenvalue weighted by Gasteiger charge is -2.14. The average molecular weight is 357 g/mol. The van der Waals surface area contributed by atoms with E-state index in [9.17, 15) is 0 Å². The molecule has 4 nitrogen and oxygen atoms in total. The van der Waals surface area contributed by atoms with Crippen LogP contribution in [-0.2, 0) is 11.4 Å². The number of hydrogen-bond donors (Lipinski definition) is 0. The van der Waals surface area contributed by atoms with Crippen LogP contribution in [0.1, 0.15) is 39.2 Å². The van der Waals surface area contributed by atoms with Crippen molar-refractivity contribution in [3.63, 3.8) is 0 Å². The first-order chi connectivity index (χ1) is 13.0. The van der Waals surface area contributed by atoms with E-state index in [0.717, 1.165) is 22.5 Å². The Morgan fingerprint density at radius 2 is 1.85 bits per heavy atom. The third-order valence-corrected chi connectivity index (χ3v) is 4.91. The molecule has 0 aliphatic heterocycles. The van der Waals surface area contributed by atoms with Crippen molar-refractivity contribution in [3.8, 4) is 11.8 Å². The molecule has 3 rings (SSSR count). The molecule has 27 heavy (non-hydrogen) atoms. The van der Waals surface area contributed by atoms with E-state index in [-0.39, 0.29) is 6.61 Å². The van der Waals surface area contributed by atoms with Gasteiger partial charge in [0.1, 0.15) is 6.61 Å². The van der Waals surface area contributed by atoms with Crippen molar-refractivity contribution in [1.29, 1.82) is 5.26 Å². The summed E-state index contributed by atoms with van der Waals surface area (Å²) in [6, 6.07) is 18.0. The summed E-state index contributed by atoms with van der Waals surface area (Å²) in [5.41, 5.74) is 8.46. The molecule has 1 heterocycles. The van der Waals surface area contributed by atoms with E-state index in [0.29, 0.717) is 5.56 Å². The van der Waals surface area contributed by atoms with Gasteiger partial charge in [0.05, 0.1) is 17.8 Å². The quantitative estimate of drug-likeness (QED) is 0.469. The SMILES string of the molecule is Cc1cccc(-n2c(C)cc(/C=N\OCc3ccccc3C#N)c2C)c1C. The second kappa shape index (κ2) is 7.92. The summed E-state index contributed by atoms with van der Waals surface area (Å²) >= 11 is 0. The zero-order valence-electron chi connectivity index (χ0n) is 16.2. The number of nitriles is 1. The van der Waals surface area contributed by atoms with E-state index in [2.05, 4.69) is 67.8 Å². The van der Waals surface area contributed by atoms with Crippen molar-refractivity contribution < 1.29 is 4.84 Å². The van der Waals surface area contributed by atoms with Gasteiger partial charge in [-0.1, -0.05) is 35.5 Å². The molecule has 3 aromatic rings. The van der Waals surface area contributed by atoms with Crippen molar-refractivity contribution in [2.45, 2.75) is 34.3 Å². The molecule has 0 fully saturated rings. The first-order valence-corrected chi connectivity index (χ1v) is 8.91. The average Bonchev–Trinajstić information content (AvgIpc) is 2.95. The highest BCUT2D eigenvalue weighted by atomic mass is 16.6. The van der Waals surface area contributed by atoms with Gasteiger partial charge in [-0.25, -0.2) is 0 Å². The van der Waals surface area contributed by atoms with E-state index in [1.807, 2.05) is 18.2 Å². The van der Waals surface area contributed by atoms with Crippen LogP contribution in [0.3, 0.4) is 0 Å². The molecule has 136 valence electrons. The van der Waals surface area contributed by atoms with Gasteiger partial charge in [0.25, 0.3) is 0 Å². The normalized spacial score (nSPS) is 10.9. The maximum absolute atomic E-state index is 9.13. The van der Waals surface area contributed by atoms with E-state index < -0.39 is 0 Å². The summed E-state index contributed by atoms with van der Waals surface area (Å²) in [6.45, 7) is 8.72. The fraction of sp³-hybridized carbons (Fsp3) is 0.217. The second-order valence-corrected chi connectivity index (χ2v) is 6.66. The van der Waals surface area contributed by atoms with Crippen molar-refractivity contribution in [3.05, 3.63) is 87.7 Å². The highest BCUT2D eigenvalue weighted by Gasteiger charge is 2.12. The molecule has 0 saturated carbocycles. The van der Waals surface area contributed by atoms with Crippen molar-refractivity contribution in [1.82, 2.24) is 4.57 Å². The monoisotopic (exact) mass is 357 g/mol. The van der Waals surface area contributed by atoms with Crippen molar-refractivity contribution in [2.75, 3.05) is 0 Å². The van der Waals surface area contributed by atoms with Gasteiger partial charge in [-0.3, -0.25) is 0 Å². The summed E-state index contributed by atoms with van der Waals surface area (Å²) in [5, 5.41) is 13.2. The van der Waals surface area contributed by atoms with Gasteiger partial charge in [-0.15, -0.1) is 0 Å². The van der Waals surface area contributed by atoms with E-state index in [1.165, 1.54) is 16.8 Å². The Kier molecular flexibility index (Phi) is 5.42. The zero-order valence-corrected chi connectivity index (χ0v) is 16.2. The third-order valence-electron chi connectivity index (χ3n) is 4.91. The number of aryl methyl sites for hydroxylation is 2. The summed E-state index contributed by atoms with van der Waals surface area (Å²) in [5.74, 6) is 0. The van der Waals surface area contributed by atoms with Crippen molar-refractivity contribution in [2.24, 2.45) is 5.16 Å². The predicted octanol–water partition coefficient (Wildman–Crippen LogP) is 5.13. The molecule has 2 aromatic carbocycles. The molecule has 0 N–H and O–H groups in total. The standard InChI is InChI=1S/C23H23N3O/c1-16-8-7-11-23(18(16)3)26-17(2)12-22(19(26)4)14-25-27-15-21-10-6-5-9-20(21)13-24/h5-12,14H,15H2,1-4H3/b25-14-. The summed E-state index contributed by atoms with van der Waals surface area (Å²) in [7, 11) is 0. The number of rotatable bonds is 5. The van der Waals surface area contributed by atoms with Crippen molar-refractivity contribution >= 4 is 6.21 Å². The van der Waals surface area contributed by atoms with Gasteiger partial charge < -0.3 is 9.40 Å². The first kappa shape index (κ1) is 18.5. The summed E-state index contributed by atoms with van der Waals surface area (Å²) in [4.78, 5) is 5.43. The molecule has 4 heteroatoms. The van der Waals surface area contributed by atoms with Crippen LogP contribution in [0.4, 0.5) is 0 Å². The van der Waals surface area contributed by atoms with Gasteiger partial charge in [0, 0.05) is 28.2 Å². The molecular formula is C23H23N3O. The molecule has 0 saturated heterocycles. The van der Waals surface area contributed by atoms with Gasteiger partial charge in [0.15, 0.2) is 0 Å². The molecule has 0 radical (unpaired) electrons. The molecule has 0 aliphatic carbocycles. The van der Waals surface area contributed by atoms with Crippen LogP contribution in [0, 0.1) is 39.0 Å².